The molecule has 1 atom stereocenters. The third-order valence-electron chi connectivity index (χ3n) is 3.47. The molecular weight excluding hydrogens is 234 g/mol. The molecule has 2 heteroatoms. The Labute approximate surface area is 114 Å². The average Bonchev–Trinajstić information content (AvgIpc) is 2.39. The quantitative estimate of drug-likeness (QED) is 0.852. The van der Waals surface area contributed by atoms with E-state index in [0.29, 0.717) is 5.56 Å². The van der Waals surface area contributed by atoms with E-state index >= 15 is 0 Å². The Morgan fingerprint density at radius 2 is 1.68 bits per heavy atom. The van der Waals surface area contributed by atoms with E-state index in [4.69, 9.17) is 5.73 Å². The van der Waals surface area contributed by atoms with Crippen LogP contribution in [0.15, 0.2) is 48.5 Å². The van der Waals surface area contributed by atoms with E-state index in [1.165, 1.54) is 0 Å². The Morgan fingerprint density at radius 3 is 2.26 bits per heavy atom. The smallest absolute Gasteiger partial charge is 0.187 e. The molecule has 0 spiro atoms. The van der Waals surface area contributed by atoms with E-state index in [0.717, 1.165) is 16.7 Å². The largest absolute Gasteiger partial charge is 0.315 e. The number of rotatable bonds is 3. The maximum atomic E-state index is 12.7. The maximum absolute atomic E-state index is 12.7. The highest BCUT2D eigenvalue weighted by atomic mass is 16.1. The highest BCUT2D eigenvalue weighted by molar-refractivity contribution is 6.04. The number of benzene rings is 2. The highest BCUT2D eigenvalue weighted by Crippen LogP contribution is 2.24. The first-order valence-corrected chi connectivity index (χ1v) is 6.39. The summed E-state index contributed by atoms with van der Waals surface area (Å²) in [7, 11) is 0. The van der Waals surface area contributed by atoms with Gasteiger partial charge in [-0.3, -0.25) is 4.79 Å². The number of ketones is 1. The number of carbonyl (C=O) groups excluding carboxylic acids is 1. The van der Waals surface area contributed by atoms with Crippen LogP contribution in [0.5, 0.6) is 0 Å². The van der Waals surface area contributed by atoms with Crippen LogP contribution in [0.25, 0.3) is 0 Å². The monoisotopic (exact) mass is 253 g/mol. The normalized spacial score (nSPS) is 13.9. The fraction of sp³-hybridized carbons (Fsp3) is 0.235. The molecule has 0 aliphatic rings. The second-order valence-corrected chi connectivity index (χ2v) is 5.22. The summed E-state index contributed by atoms with van der Waals surface area (Å²) in [5.74, 6) is -0.0452. The zero-order valence-electron chi connectivity index (χ0n) is 11.6. The lowest BCUT2D eigenvalue weighted by molar-refractivity contribution is 0.0899. The lowest BCUT2D eigenvalue weighted by Crippen LogP contribution is -2.42. The van der Waals surface area contributed by atoms with Gasteiger partial charge >= 0.3 is 0 Å². The van der Waals surface area contributed by atoms with Crippen LogP contribution in [-0.4, -0.2) is 5.78 Å². The minimum Gasteiger partial charge on any atom is -0.315 e. The molecule has 0 aliphatic carbocycles. The summed E-state index contributed by atoms with van der Waals surface area (Å²) < 4.78 is 0. The Hall–Kier alpha value is -1.93. The Kier molecular flexibility index (Phi) is 3.54. The fourth-order valence-corrected chi connectivity index (χ4v) is 2.26. The van der Waals surface area contributed by atoms with Crippen LogP contribution in [0.4, 0.5) is 0 Å². The van der Waals surface area contributed by atoms with Crippen molar-refractivity contribution < 1.29 is 4.79 Å². The molecule has 19 heavy (non-hydrogen) atoms. The fourth-order valence-electron chi connectivity index (χ4n) is 2.26. The van der Waals surface area contributed by atoms with Gasteiger partial charge in [-0.25, -0.2) is 0 Å². The van der Waals surface area contributed by atoms with E-state index in [1.807, 2.05) is 62.4 Å². The number of Topliss-reactive ketones (excluding diaryl/α,β-unsaturated/α-hetero) is 1. The highest BCUT2D eigenvalue weighted by Gasteiger charge is 2.31. The molecule has 2 N–H and O–H groups in total. The van der Waals surface area contributed by atoms with Gasteiger partial charge in [-0.2, -0.15) is 0 Å². The second-order valence-electron chi connectivity index (χ2n) is 5.22. The van der Waals surface area contributed by atoms with E-state index in [2.05, 4.69) is 0 Å². The van der Waals surface area contributed by atoms with Gasteiger partial charge in [0.15, 0.2) is 5.78 Å². The molecule has 98 valence electrons. The van der Waals surface area contributed by atoms with Gasteiger partial charge in [0, 0.05) is 5.56 Å². The van der Waals surface area contributed by atoms with Crippen molar-refractivity contribution in [1.29, 1.82) is 0 Å². The molecule has 2 aromatic rings. The number of hydrogen-bond donors (Lipinski definition) is 1. The van der Waals surface area contributed by atoms with Crippen molar-refractivity contribution >= 4 is 5.78 Å². The first-order valence-electron chi connectivity index (χ1n) is 6.39. The number of carbonyl (C=O) groups is 1. The summed E-state index contributed by atoms with van der Waals surface area (Å²) in [4.78, 5) is 12.7. The van der Waals surface area contributed by atoms with E-state index in [9.17, 15) is 4.79 Å². The summed E-state index contributed by atoms with van der Waals surface area (Å²) in [6.07, 6.45) is 0. The lowest BCUT2D eigenvalue weighted by atomic mass is 9.84. The molecule has 0 radical (unpaired) electrons. The van der Waals surface area contributed by atoms with Crippen LogP contribution in [0.3, 0.4) is 0 Å². The average molecular weight is 253 g/mol. The summed E-state index contributed by atoms with van der Waals surface area (Å²) in [5.41, 5.74) is 8.92. The third-order valence-corrected chi connectivity index (χ3v) is 3.47. The lowest BCUT2D eigenvalue weighted by Gasteiger charge is -2.24. The molecule has 0 aliphatic heterocycles. The topological polar surface area (TPSA) is 43.1 Å². The molecule has 0 bridgehead atoms. The van der Waals surface area contributed by atoms with Crippen LogP contribution in [0.1, 0.15) is 34.0 Å². The molecule has 0 aromatic heterocycles. The van der Waals surface area contributed by atoms with Gasteiger partial charge in [0.25, 0.3) is 0 Å². The van der Waals surface area contributed by atoms with E-state index in [-0.39, 0.29) is 5.78 Å². The Balaban J connectivity index is 2.43. The molecule has 0 amide bonds. The molecule has 0 heterocycles. The van der Waals surface area contributed by atoms with Crippen molar-refractivity contribution in [3.63, 3.8) is 0 Å². The third kappa shape index (κ3) is 2.59. The minimum absolute atomic E-state index is 0.0452. The van der Waals surface area contributed by atoms with E-state index < -0.39 is 5.54 Å². The van der Waals surface area contributed by atoms with Crippen LogP contribution < -0.4 is 5.73 Å². The SMILES string of the molecule is Cc1ccc(C(=O)C(C)(N)c2ccccc2)c(C)c1. The van der Waals surface area contributed by atoms with Crippen molar-refractivity contribution in [3.05, 3.63) is 70.8 Å². The van der Waals surface area contributed by atoms with E-state index in [1.54, 1.807) is 6.92 Å². The van der Waals surface area contributed by atoms with Gasteiger partial charge in [0.2, 0.25) is 0 Å². The summed E-state index contributed by atoms with van der Waals surface area (Å²) in [6.45, 7) is 5.73. The summed E-state index contributed by atoms with van der Waals surface area (Å²) >= 11 is 0. The molecular formula is C17H19NO. The van der Waals surface area contributed by atoms with Gasteiger partial charge in [-0.05, 0) is 31.9 Å². The van der Waals surface area contributed by atoms with Crippen LogP contribution in [0.2, 0.25) is 0 Å². The molecule has 0 saturated carbocycles. The van der Waals surface area contributed by atoms with Gasteiger partial charge in [0.1, 0.15) is 5.54 Å². The Morgan fingerprint density at radius 1 is 1.05 bits per heavy atom. The molecule has 0 fully saturated rings. The summed E-state index contributed by atoms with van der Waals surface area (Å²) in [5, 5.41) is 0. The molecule has 0 saturated heterocycles. The molecule has 2 nitrogen and oxygen atoms in total. The predicted octanol–water partition coefficient (Wildman–Crippen LogP) is 3.36. The van der Waals surface area contributed by atoms with Crippen LogP contribution in [-0.2, 0) is 5.54 Å². The number of nitrogens with two attached hydrogens (primary N) is 1. The summed E-state index contributed by atoms with van der Waals surface area (Å²) in [6, 6.07) is 15.3. The standard InChI is InChI=1S/C17H19NO/c1-12-9-10-15(13(2)11-12)16(19)17(3,18)14-7-5-4-6-8-14/h4-11H,18H2,1-3H3. The predicted molar refractivity (Wildman–Crippen MR) is 78.2 cm³/mol. The van der Waals surface area contributed by atoms with Crippen LogP contribution in [0, 0.1) is 13.8 Å². The molecule has 2 aromatic carbocycles. The van der Waals surface area contributed by atoms with Crippen LogP contribution >= 0.6 is 0 Å². The minimum atomic E-state index is -0.999. The van der Waals surface area contributed by atoms with Crippen molar-refractivity contribution in [2.75, 3.05) is 0 Å². The number of aryl methyl sites for hydroxylation is 2. The Bertz CT molecular complexity index is 600. The van der Waals surface area contributed by atoms with Crippen molar-refractivity contribution in [1.82, 2.24) is 0 Å². The van der Waals surface area contributed by atoms with Gasteiger partial charge in [-0.1, -0.05) is 54.1 Å². The molecule has 1 unspecified atom stereocenters. The van der Waals surface area contributed by atoms with Crippen molar-refractivity contribution in [2.45, 2.75) is 26.3 Å². The number of hydrogen-bond acceptors (Lipinski definition) is 2. The van der Waals surface area contributed by atoms with Gasteiger partial charge in [-0.15, -0.1) is 0 Å². The van der Waals surface area contributed by atoms with Crippen molar-refractivity contribution in [3.8, 4) is 0 Å². The second kappa shape index (κ2) is 4.98. The zero-order chi connectivity index (χ0) is 14.0. The van der Waals surface area contributed by atoms with Gasteiger partial charge < -0.3 is 5.73 Å². The molecule has 2 rings (SSSR count). The maximum Gasteiger partial charge on any atom is 0.187 e. The zero-order valence-corrected chi connectivity index (χ0v) is 11.6. The van der Waals surface area contributed by atoms with Crippen molar-refractivity contribution in [2.24, 2.45) is 5.73 Å². The first-order chi connectivity index (χ1) is 8.93. The first kappa shape index (κ1) is 13.5. The van der Waals surface area contributed by atoms with Gasteiger partial charge in [0.05, 0.1) is 0 Å².